The lowest BCUT2D eigenvalue weighted by Gasteiger charge is -2.30. The Morgan fingerprint density at radius 2 is 2.10 bits per heavy atom. The summed E-state index contributed by atoms with van der Waals surface area (Å²) in [6.07, 6.45) is 0.164. The number of hydrogen-bond acceptors (Lipinski definition) is 4. The zero-order chi connectivity index (χ0) is 14.7. The van der Waals surface area contributed by atoms with Crippen LogP contribution >= 0.6 is 0 Å². The smallest absolute Gasteiger partial charge is 0.334 e. The summed E-state index contributed by atoms with van der Waals surface area (Å²) >= 11 is 0. The number of amides is 2. The number of nitrogens with one attached hydrogen (secondary N) is 1. The summed E-state index contributed by atoms with van der Waals surface area (Å²) in [5.41, 5.74) is 0. The summed E-state index contributed by atoms with van der Waals surface area (Å²) in [6, 6.07) is 0. The Hall–Kier alpha value is -1.63. The number of carboxylic acids is 1. The van der Waals surface area contributed by atoms with E-state index in [-0.39, 0.29) is 37.3 Å². The number of carbonyl (C=O) groups is 3. The fourth-order valence-electron chi connectivity index (χ4n) is 2.29. The van der Waals surface area contributed by atoms with Crippen molar-refractivity contribution in [2.24, 2.45) is 11.8 Å². The zero-order valence-corrected chi connectivity index (χ0v) is 11.5. The molecule has 7 heteroatoms. The SMILES string of the molecule is CC1CC1C(=O)NCCC(=O)N1CCOC(C(=O)O)C1. The summed E-state index contributed by atoms with van der Waals surface area (Å²) in [7, 11) is 0. The van der Waals surface area contributed by atoms with E-state index in [4.69, 9.17) is 9.84 Å². The normalized spacial score (nSPS) is 28.9. The minimum atomic E-state index is -1.06. The first-order valence-corrected chi connectivity index (χ1v) is 6.89. The monoisotopic (exact) mass is 284 g/mol. The average Bonchev–Trinajstić information content (AvgIpc) is 3.16. The standard InChI is InChI=1S/C13H20N2O5/c1-8-6-9(8)12(17)14-3-2-11(16)15-4-5-20-10(7-15)13(18)19/h8-10H,2-7H2,1H3,(H,14,17)(H,18,19). The Kier molecular flexibility index (Phi) is 4.59. The molecule has 2 fully saturated rings. The molecule has 1 heterocycles. The molecule has 0 spiro atoms. The highest BCUT2D eigenvalue weighted by atomic mass is 16.5. The summed E-state index contributed by atoms with van der Waals surface area (Å²) < 4.78 is 5.05. The van der Waals surface area contributed by atoms with Crippen LogP contribution in [-0.2, 0) is 19.1 Å². The summed E-state index contributed by atoms with van der Waals surface area (Å²) in [4.78, 5) is 35.8. The molecule has 112 valence electrons. The molecule has 1 saturated heterocycles. The van der Waals surface area contributed by atoms with Crippen LogP contribution in [0.5, 0.6) is 0 Å². The third-order valence-corrected chi connectivity index (χ3v) is 3.78. The third kappa shape index (κ3) is 3.69. The van der Waals surface area contributed by atoms with Crippen molar-refractivity contribution >= 4 is 17.8 Å². The van der Waals surface area contributed by atoms with Gasteiger partial charge in [-0.15, -0.1) is 0 Å². The lowest BCUT2D eigenvalue weighted by Crippen LogP contribution is -2.49. The first kappa shape index (κ1) is 14.8. The van der Waals surface area contributed by atoms with Crippen molar-refractivity contribution in [2.45, 2.75) is 25.9 Å². The molecular weight excluding hydrogens is 264 g/mol. The first-order chi connectivity index (χ1) is 9.49. The van der Waals surface area contributed by atoms with Gasteiger partial charge in [-0.1, -0.05) is 6.92 Å². The van der Waals surface area contributed by atoms with Gasteiger partial charge in [0.1, 0.15) is 0 Å². The molecular formula is C13H20N2O5. The number of rotatable bonds is 5. The fourth-order valence-corrected chi connectivity index (χ4v) is 2.29. The maximum Gasteiger partial charge on any atom is 0.334 e. The minimum Gasteiger partial charge on any atom is -0.479 e. The largest absolute Gasteiger partial charge is 0.479 e. The number of hydrogen-bond donors (Lipinski definition) is 2. The molecule has 7 nitrogen and oxygen atoms in total. The van der Waals surface area contributed by atoms with Gasteiger partial charge in [-0.2, -0.15) is 0 Å². The molecule has 2 amide bonds. The Morgan fingerprint density at radius 1 is 1.40 bits per heavy atom. The van der Waals surface area contributed by atoms with E-state index in [1.807, 2.05) is 6.92 Å². The predicted molar refractivity (Wildman–Crippen MR) is 68.9 cm³/mol. The molecule has 0 bridgehead atoms. The maximum atomic E-state index is 11.9. The summed E-state index contributed by atoms with van der Waals surface area (Å²) in [6.45, 7) is 3.03. The average molecular weight is 284 g/mol. The molecule has 3 atom stereocenters. The van der Waals surface area contributed by atoms with Crippen molar-refractivity contribution in [1.82, 2.24) is 10.2 Å². The van der Waals surface area contributed by atoms with E-state index in [2.05, 4.69) is 5.32 Å². The van der Waals surface area contributed by atoms with Crippen molar-refractivity contribution in [3.63, 3.8) is 0 Å². The van der Waals surface area contributed by atoms with Crippen molar-refractivity contribution < 1.29 is 24.2 Å². The van der Waals surface area contributed by atoms with Gasteiger partial charge >= 0.3 is 5.97 Å². The van der Waals surface area contributed by atoms with Crippen LogP contribution in [0.15, 0.2) is 0 Å². The van der Waals surface area contributed by atoms with E-state index >= 15 is 0 Å². The molecule has 0 aromatic rings. The Balaban J connectivity index is 1.69. The van der Waals surface area contributed by atoms with Gasteiger partial charge in [-0.05, 0) is 12.3 Å². The van der Waals surface area contributed by atoms with Gasteiger partial charge in [-0.25, -0.2) is 4.79 Å². The van der Waals surface area contributed by atoms with Gasteiger partial charge in [0, 0.05) is 25.4 Å². The van der Waals surface area contributed by atoms with Crippen molar-refractivity contribution in [3.8, 4) is 0 Å². The molecule has 1 aliphatic heterocycles. The van der Waals surface area contributed by atoms with E-state index in [9.17, 15) is 14.4 Å². The van der Waals surface area contributed by atoms with E-state index in [1.165, 1.54) is 4.90 Å². The quantitative estimate of drug-likeness (QED) is 0.707. The van der Waals surface area contributed by atoms with Crippen LogP contribution in [0, 0.1) is 11.8 Å². The van der Waals surface area contributed by atoms with Crippen LogP contribution in [0.2, 0.25) is 0 Å². The zero-order valence-electron chi connectivity index (χ0n) is 11.5. The summed E-state index contributed by atoms with van der Waals surface area (Å²) in [5, 5.41) is 11.6. The van der Waals surface area contributed by atoms with Crippen LogP contribution < -0.4 is 5.32 Å². The molecule has 2 aliphatic rings. The number of carbonyl (C=O) groups excluding carboxylic acids is 2. The number of nitrogens with zero attached hydrogens (tertiary/aromatic N) is 1. The highest BCUT2D eigenvalue weighted by Crippen LogP contribution is 2.37. The van der Waals surface area contributed by atoms with Gasteiger partial charge in [0.2, 0.25) is 11.8 Å². The summed E-state index contributed by atoms with van der Waals surface area (Å²) in [5.74, 6) is -0.649. The molecule has 1 aliphatic carbocycles. The predicted octanol–water partition coefficient (Wildman–Crippen LogP) is -0.539. The number of morpholine rings is 1. The lowest BCUT2D eigenvalue weighted by molar-refractivity contribution is -0.159. The van der Waals surface area contributed by atoms with Crippen LogP contribution in [0.4, 0.5) is 0 Å². The second-order valence-electron chi connectivity index (χ2n) is 5.40. The van der Waals surface area contributed by atoms with Gasteiger partial charge in [-0.3, -0.25) is 9.59 Å². The molecule has 2 rings (SSSR count). The number of ether oxygens (including phenoxy) is 1. The molecule has 1 saturated carbocycles. The van der Waals surface area contributed by atoms with Gasteiger partial charge in [0.15, 0.2) is 6.10 Å². The van der Waals surface area contributed by atoms with Crippen molar-refractivity contribution in [1.29, 1.82) is 0 Å². The molecule has 20 heavy (non-hydrogen) atoms. The maximum absolute atomic E-state index is 11.9. The third-order valence-electron chi connectivity index (χ3n) is 3.78. The Labute approximate surface area is 117 Å². The van der Waals surface area contributed by atoms with Crippen LogP contribution in [0.3, 0.4) is 0 Å². The molecule has 0 aromatic heterocycles. The Morgan fingerprint density at radius 3 is 2.70 bits per heavy atom. The fraction of sp³-hybridized carbons (Fsp3) is 0.769. The van der Waals surface area contributed by atoms with E-state index in [1.54, 1.807) is 0 Å². The van der Waals surface area contributed by atoms with Crippen LogP contribution in [-0.4, -0.2) is 60.1 Å². The van der Waals surface area contributed by atoms with Gasteiger partial charge < -0.3 is 20.1 Å². The molecule has 0 aromatic carbocycles. The van der Waals surface area contributed by atoms with Crippen LogP contribution in [0.25, 0.3) is 0 Å². The molecule has 3 unspecified atom stereocenters. The van der Waals surface area contributed by atoms with E-state index in [0.29, 0.717) is 19.0 Å². The first-order valence-electron chi connectivity index (χ1n) is 6.89. The van der Waals surface area contributed by atoms with Crippen LogP contribution in [0.1, 0.15) is 19.8 Å². The second-order valence-corrected chi connectivity index (χ2v) is 5.40. The minimum absolute atomic E-state index is 0.00990. The topological polar surface area (TPSA) is 95.9 Å². The van der Waals surface area contributed by atoms with Crippen molar-refractivity contribution in [3.05, 3.63) is 0 Å². The van der Waals surface area contributed by atoms with E-state index in [0.717, 1.165) is 6.42 Å². The highest BCUT2D eigenvalue weighted by Gasteiger charge is 2.38. The van der Waals surface area contributed by atoms with Gasteiger partial charge in [0.25, 0.3) is 0 Å². The van der Waals surface area contributed by atoms with E-state index < -0.39 is 12.1 Å². The number of carboxylic acid groups (broad SMARTS) is 1. The van der Waals surface area contributed by atoms with Gasteiger partial charge in [0.05, 0.1) is 13.2 Å². The Bertz CT molecular complexity index is 412. The van der Waals surface area contributed by atoms with Crippen molar-refractivity contribution in [2.75, 3.05) is 26.2 Å². The molecule has 0 radical (unpaired) electrons. The lowest BCUT2D eigenvalue weighted by atomic mass is 10.2. The highest BCUT2D eigenvalue weighted by molar-refractivity contribution is 5.83. The molecule has 2 N–H and O–H groups in total. The number of aliphatic carboxylic acids is 1. The second kappa shape index (κ2) is 6.21.